The second-order valence-corrected chi connectivity index (χ2v) is 4.99. The molecule has 1 N–H and O–H groups in total. The summed E-state index contributed by atoms with van der Waals surface area (Å²) in [5.74, 6) is 0.739. The fourth-order valence-corrected chi connectivity index (χ4v) is 2.17. The Labute approximate surface area is 103 Å². The highest BCUT2D eigenvalue weighted by Crippen LogP contribution is 2.26. The number of hydrogen-bond donors (Lipinski definition) is 1. The number of nitrogens with zero attached hydrogens (tertiary/aromatic N) is 1. The van der Waals surface area contributed by atoms with Crippen LogP contribution in [0, 0.1) is 11.7 Å². The maximum atomic E-state index is 12.7. The lowest BCUT2D eigenvalue weighted by Gasteiger charge is -2.30. The Morgan fingerprint density at radius 3 is 2.59 bits per heavy atom. The van der Waals surface area contributed by atoms with E-state index in [1.807, 2.05) is 0 Å². The van der Waals surface area contributed by atoms with Gasteiger partial charge in [-0.2, -0.15) is 0 Å². The van der Waals surface area contributed by atoms with Crippen LogP contribution in [0.2, 0.25) is 0 Å². The molecule has 1 fully saturated rings. The summed E-state index contributed by atoms with van der Waals surface area (Å²) in [5.41, 5.74) is 0.989. The smallest absolute Gasteiger partial charge is 0.123 e. The van der Waals surface area contributed by atoms with Crippen LogP contribution in [0.3, 0.4) is 0 Å². The standard InChI is InChI=1S/C14H21FN2/c1-17(11-12-3-2-4-12)10-9-16-14-7-5-13(15)6-8-14/h5-8,12,16H,2-4,9-11H2,1H3. The third kappa shape index (κ3) is 4.00. The summed E-state index contributed by atoms with van der Waals surface area (Å²) in [6, 6.07) is 6.53. The first-order valence-electron chi connectivity index (χ1n) is 6.42. The van der Waals surface area contributed by atoms with Crippen molar-refractivity contribution in [1.82, 2.24) is 4.90 Å². The zero-order valence-corrected chi connectivity index (χ0v) is 10.5. The van der Waals surface area contributed by atoms with Gasteiger partial charge in [-0.05, 0) is 50.1 Å². The SMILES string of the molecule is CN(CCNc1ccc(F)cc1)CC1CCC1. The third-order valence-electron chi connectivity index (χ3n) is 3.46. The monoisotopic (exact) mass is 236 g/mol. The Morgan fingerprint density at radius 1 is 1.29 bits per heavy atom. The van der Waals surface area contributed by atoms with Gasteiger partial charge in [0.1, 0.15) is 5.82 Å². The van der Waals surface area contributed by atoms with E-state index in [4.69, 9.17) is 0 Å². The van der Waals surface area contributed by atoms with Gasteiger partial charge >= 0.3 is 0 Å². The molecular weight excluding hydrogens is 215 g/mol. The van der Waals surface area contributed by atoms with Gasteiger partial charge in [0.05, 0.1) is 0 Å². The van der Waals surface area contributed by atoms with Gasteiger partial charge in [-0.15, -0.1) is 0 Å². The van der Waals surface area contributed by atoms with Crippen LogP contribution in [-0.4, -0.2) is 31.6 Å². The summed E-state index contributed by atoms with van der Waals surface area (Å²) in [6.45, 7) is 3.16. The Hall–Kier alpha value is -1.09. The molecule has 1 saturated carbocycles. The van der Waals surface area contributed by atoms with Crippen LogP contribution in [0.1, 0.15) is 19.3 Å². The van der Waals surface area contributed by atoms with E-state index in [2.05, 4.69) is 17.3 Å². The van der Waals surface area contributed by atoms with Gasteiger partial charge < -0.3 is 10.2 Å². The quantitative estimate of drug-likeness (QED) is 0.817. The van der Waals surface area contributed by atoms with E-state index < -0.39 is 0 Å². The fraction of sp³-hybridized carbons (Fsp3) is 0.571. The maximum Gasteiger partial charge on any atom is 0.123 e. The highest BCUT2D eigenvalue weighted by Gasteiger charge is 2.18. The van der Waals surface area contributed by atoms with E-state index in [0.717, 1.165) is 24.7 Å². The molecule has 0 aromatic heterocycles. The number of likely N-dealkylation sites (N-methyl/N-ethyl adjacent to an activating group) is 1. The molecule has 0 amide bonds. The minimum atomic E-state index is -0.183. The van der Waals surface area contributed by atoms with Crippen molar-refractivity contribution in [3.05, 3.63) is 30.1 Å². The fourth-order valence-electron chi connectivity index (χ4n) is 2.17. The van der Waals surface area contributed by atoms with E-state index in [0.29, 0.717) is 0 Å². The molecule has 0 heterocycles. The minimum absolute atomic E-state index is 0.183. The van der Waals surface area contributed by atoms with Gasteiger partial charge in [-0.1, -0.05) is 6.42 Å². The molecule has 2 rings (SSSR count). The lowest BCUT2D eigenvalue weighted by atomic mass is 9.85. The largest absolute Gasteiger partial charge is 0.384 e. The molecule has 2 nitrogen and oxygen atoms in total. The molecule has 0 radical (unpaired) electrons. The molecule has 0 atom stereocenters. The molecule has 0 aliphatic heterocycles. The Morgan fingerprint density at radius 2 is 2.00 bits per heavy atom. The van der Waals surface area contributed by atoms with Gasteiger partial charge in [0.2, 0.25) is 0 Å². The zero-order chi connectivity index (χ0) is 12.1. The molecule has 0 unspecified atom stereocenters. The highest BCUT2D eigenvalue weighted by atomic mass is 19.1. The first-order chi connectivity index (χ1) is 8.24. The Bertz CT molecular complexity index is 333. The number of benzene rings is 1. The zero-order valence-electron chi connectivity index (χ0n) is 10.5. The number of halogens is 1. The van der Waals surface area contributed by atoms with Crippen molar-refractivity contribution in [3.63, 3.8) is 0 Å². The molecular formula is C14H21FN2. The summed E-state index contributed by atoms with van der Waals surface area (Å²) in [7, 11) is 2.17. The Balaban J connectivity index is 1.62. The predicted octanol–water partition coefficient (Wildman–Crippen LogP) is 2.97. The average Bonchev–Trinajstić information content (AvgIpc) is 2.26. The van der Waals surface area contributed by atoms with Crippen molar-refractivity contribution in [1.29, 1.82) is 0 Å². The van der Waals surface area contributed by atoms with Crippen LogP contribution in [0.15, 0.2) is 24.3 Å². The van der Waals surface area contributed by atoms with Crippen LogP contribution in [0.4, 0.5) is 10.1 Å². The molecule has 0 bridgehead atoms. The molecule has 0 saturated heterocycles. The lowest BCUT2D eigenvalue weighted by molar-refractivity contribution is 0.210. The summed E-state index contributed by atoms with van der Waals surface area (Å²) in [5, 5.41) is 3.30. The average molecular weight is 236 g/mol. The number of rotatable bonds is 6. The summed E-state index contributed by atoms with van der Waals surface area (Å²) in [4.78, 5) is 2.38. The number of anilines is 1. The second kappa shape index (κ2) is 6.01. The number of hydrogen-bond acceptors (Lipinski definition) is 2. The van der Waals surface area contributed by atoms with E-state index in [1.165, 1.54) is 37.9 Å². The van der Waals surface area contributed by atoms with Crippen molar-refractivity contribution in [2.75, 3.05) is 32.0 Å². The van der Waals surface area contributed by atoms with Gasteiger partial charge in [0, 0.05) is 25.3 Å². The maximum absolute atomic E-state index is 12.7. The van der Waals surface area contributed by atoms with Crippen LogP contribution in [0.5, 0.6) is 0 Å². The van der Waals surface area contributed by atoms with Gasteiger partial charge in [-0.3, -0.25) is 0 Å². The molecule has 1 aliphatic carbocycles. The molecule has 94 valence electrons. The normalized spacial score (nSPS) is 15.9. The van der Waals surface area contributed by atoms with Crippen molar-refractivity contribution in [3.8, 4) is 0 Å². The second-order valence-electron chi connectivity index (χ2n) is 4.99. The van der Waals surface area contributed by atoms with E-state index in [-0.39, 0.29) is 5.82 Å². The Kier molecular flexibility index (Phi) is 4.37. The first kappa shape index (κ1) is 12.4. The summed E-state index contributed by atoms with van der Waals surface area (Å²) >= 11 is 0. The van der Waals surface area contributed by atoms with Crippen molar-refractivity contribution < 1.29 is 4.39 Å². The minimum Gasteiger partial charge on any atom is -0.384 e. The third-order valence-corrected chi connectivity index (χ3v) is 3.46. The molecule has 3 heteroatoms. The topological polar surface area (TPSA) is 15.3 Å². The number of nitrogens with one attached hydrogen (secondary N) is 1. The predicted molar refractivity (Wildman–Crippen MR) is 69.7 cm³/mol. The van der Waals surface area contributed by atoms with Crippen molar-refractivity contribution in [2.45, 2.75) is 19.3 Å². The lowest BCUT2D eigenvalue weighted by Crippen LogP contribution is -2.32. The van der Waals surface area contributed by atoms with Crippen LogP contribution in [-0.2, 0) is 0 Å². The van der Waals surface area contributed by atoms with Gasteiger partial charge in [-0.25, -0.2) is 4.39 Å². The van der Waals surface area contributed by atoms with Gasteiger partial charge in [0.25, 0.3) is 0 Å². The van der Waals surface area contributed by atoms with Crippen LogP contribution >= 0.6 is 0 Å². The molecule has 1 aliphatic rings. The molecule has 1 aromatic carbocycles. The van der Waals surface area contributed by atoms with Crippen molar-refractivity contribution >= 4 is 5.69 Å². The summed E-state index contributed by atoms with van der Waals surface area (Å²) < 4.78 is 12.7. The van der Waals surface area contributed by atoms with Crippen LogP contribution in [0.25, 0.3) is 0 Å². The van der Waals surface area contributed by atoms with E-state index in [1.54, 1.807) is 12.1 Å². The molecule has 0 spiro atoms. The van der Waals surface area contributed by atoms with Gasteiger partial charge in [0.15, 0.2) is 0 Å². The van der Waals surface area contributed by atoms with E-state index >= 15 is 0 Å². The van der Waals surface area contributed by atoms with Crippen LogP contribution < -0.4 is 5.32 Å². The first-order valence-corrected chi connectivity index (χ1v) is 6.42. The highest BCUT2D eigenvalue weighted by molar-refractivity contribution is 5.42. The molecule has 17 heavy (non-hydrogen) atoms. The van der Waals surface area contributed by atoms with E-state index in [9.17, 15) is 4.39 Å². The van der Waals surface area contributed by atoms with Crippen molar-refractivity contribution in [2.24, 2.45) is 5.92 Å². The summed E-state index contributed by atoms with van der Waals surface area (Å²) in [6.07, 6.45) is 4.21. The molecule has 1 aromatic rings.